The highest BCUT2D eigenvalue weighted by Crippen LogP contribution is 2.23. The lowest BCUT2D eigenvalue weighted by molar-refractivity contribution is -0.123. The number of thiophene rings is 1. The van der Waals surface area contributed by atoms with Crippen molar-refractivity contribution in [1.82, 2.24) is 10.2 Å². The molecule has 1 saturated heterocycles. The van der Waals surface area contributed by atoms with E-state index in [0.717, 1.165) is 51.3 Å². The minimum atomic E-state index is 0.170. The highest BCUT2D eigenvalue weighted by Gasteiger charge is 2.23. The fourth-order valence-electron chi connectivity index (χ4n) is 3.77. The Morgan fingerprint density at radius 1 is 1.33 bits per heavy atom. The zero-order valence-corrected chi connectivity index (χ0v) is 15.5. The number of ether oxygens (including phenoxy) is 1. The normalized spacial score (nSPS) is 27.5. The average molecular weight is 351 g/mol. The summed E-state index contributed by atoms with van der Waals surface area (Å²) >= 11 is 1.76. The molecule has 1 aromatic heterocycles. The predicted molar refractivity (Wildman–Crippen MR) is 98.1 cm³/mol. The van der Waals surface area contributed by atoms with Gasteiger partial charge in [0.25, 0.3) is 0 Å². The number of carbonyl (C=O) groups is 1. The molecule has 1 saturated carbocycles. The first-order valence-electron chi connectivity index (χ1n) is 9.34. The first-order chi connectivity index (χ1) is 11.7. The van der Waals surface area contributed by atoms with Crippen LogP contribution in [-0.2, 0) is 16.1 Å². The molecule has 1 amide bonds. The molecule has 1 unspecified atom stereocenters. The van der Waals surface area contributed by atoms with Gasteiger partial charge in [0.2, 0.25) is 5.91 Å². The summed E-state index contributed by atoms with van der Waals surface area (Å²) in [6.07, 6.45) is 7.27. The third-order valence-electron chi connectivity index (χ3n) is 5.19. The van der Waals surface area contributed by atoms with E-state index in [2.05, 4.69) is 34.7 Å². The van der Waals surface area contributed by atoms with E-state index in [1.165, 1.54) is 17.7 Å². The van der Waals surface area contributed by atoms with Crippen LogP contribution in [0.25, 0.3) is 0 Å². The minimum Gasteiger partial charge on any atom is -0.377 e. The Labute approximate surface area is 149 Å². The van der Waals surface area contributed by atoms with E-state index < -0.39 is 0 Å². The molecule has 3 rings (SSSR count). The van der Waals surface area contributed by atoms with Crippen LogP contribution in [0.15, 0.2) is 17.5 Å². The number of amides is 1. The fraction of sp³-hybridized carbons (Fsp3) is 0.737. The third-order valence-corrected chi connectivity index (χ3v) is 6.05. The average Bonchev–Trinajstić information content (AvgIpc) is 3.23. The Kier molecular flexibility index (Phi) is 6.69. The smallest absolute Gasteiger partial charge is 0.234 e. The summed E-state index contributed by atoms with van der Waals surface area (Å²) < 4.78 is 5.78. The van der Waals surface area contributed by atoms with Crippen LogP contribution in [0.4, 0.5) is 0 Å². The minimum absolute atomic E-state index is 0.170. The molecular formula is C19H30N2O2S. The van der Waals surface area contributed by atoms with Crippen molar-refractivity contribution < 1.29 is 9.53 Å². The molecule has 1 aliphatic carbocycles. The summed E-state index contributed by atoms with van der Waals surface area (Å²) in [5, 5.41) is 5.36. The number of rotatable bonds is 7. The first kappa shape index (κ1) is 17.9. The van der Waals surface area contributed by atoms with E-state index >= 15 is 0 Å². The van der Waals surface area contributed by atoms with Crippen molar-refractivity contribution in [2.24, 2.45) is 5.92 Å². The van der Waals surface area contributed by atoms with Gasteiger partial charge in [-0.3, -0.25) is 9.69 Å². The van der Waals surface area contributed by atoms with Crippen LogP contribution in [0.5, 0.6) is 0 Å². The van der Waals surface area contributed by atoms with E-state index in [-0.39, 0.29) is 12.0 Å². The number of nitrogens with zero attached hydrogens (tertiary/aromatic N) is 1. The molecule has 4 nitrogen and oxygen atoms in total. The van der Waals surface area contributed by atoms with Crippen LogP contribution in [-0.4, -0.2) is 42.6 Å². The van der Waals surface area contributed by atoms with Gasteiger partial charge in [-0.25, -0.2) is 0 Å². The van der Waals surface area contributed by atoms with Crippen molar-refractivity contribution in [1.29, 1.82) is 0 Å². The van der Waals surface area contributed by atoms with Crippen molar-refractivity contribution >= 4 is 17.2 Å². The predicted octanol–water partition coefficient (Wildman–Crippen LogP) is 3.42. The summed E-state index contributed by atoms with van der Waals surface area (Å²) in [6, 6.07) is 4.60. The SMILES string of the molecule is CC1CCC(NC(=O)CN(Cc2cccs2)CC2CCCO2)CC1. The van der Waals surface area contributed by atoms with Gasteiger partial charge < -0.3 is 10.1 Å². The maximum atomic E-state index is 12.5. The largest absolute Gasteiger partial charge is 0.377 e. The van der Waals surface area contributed by atoms with Gasteiger partial charge in [-0.2, -0.15) is 0 Å². The van der Waals surface area contributed by atoms with Gasteiger partial charge >= 0.3 is 0 Å². The van der Waals surface area contributed by atoms with Gasteiger partial charge in [0, 0.05) is 30.6 Å². The lowest BCUT2D eigenvalue weighted by atomic mass is 9.87. The standard InChI is InChI=1S/C19H30N2O2S/c1-15-6-8-16(9-7-15)20-19(22)14-21(12-17-4-2-10-23-17)13-18-5-3-11-24-18/h3,5,11,15-17H,2,4,6-10,12-14H2,1H3,(H,20,22). The van der Waals surface area contributed by atoms with Gasteiger partial charge in [-0.15, -0.1) is 11.3 Å². The second kappa shape index (κ2) is 8.97. The Morgan fingerprint density at radius 3 is 2.83 bits per heavy atom. The van der Waals surface area contributed by atoms with Crippen molar-refractivity contribution in [3.8, 4) is 0 Å². The fourth-order valence-corrected chi connectivity index (χ4v) is 4.51. The van der Waals surface area contributed by atoms with Crippen LogP contribution in [0, 0.1) is 5.92 Å². The molecule has 1 atom stereocenters. The van der Waals surface area contributed by atoms with Gasteiger partial charge in [-0.05, 0) is 55.9 Å². The molecule has 5 heteroatoms. The first-order valence-corrected chi connectivity index (χ1v) is 10.2. The Hall–Kier alpha value is -0.910. The zero-order chi connectivity index (χ0) is 16.8. The second-order valence-corrected chi connectivity index (χ2v) is 8.44. The van der Waals surface area contributed by atoms with Crippen molar-refractivity contribution in [2.75, 3.05) is 19.7 Å². The van der Waals surface area contributed by atoms with E-state index in [1.807, 2.05) is 0 Å². The maximum Gasteiger partial charge on any atom is 0.234 e. The quantitative estimate of drug-likeness (QED) is 0.819. The molecule has 1 aromatic rings. The number of hydrogen-bond donors (Lipinski definition) is 1. The molecule has 0 radical (unpaired) electrons. The zero-order valence-electron chi connectivity index (χ0n) is 14.7. The highest BCUT2D eigenvalue weighted by molar-refractivity contribution is 7.09. The molecule has 2 fully saturated rings. The molecule has 1 aliphatic heterocycles. The number of carbonyl (C=O) groups excluding carboxylic acids is 1. The summed E-state index contributed by atoms with van der Waals surface area (Å²) in [4.78, 5) is 16.1. The molecule has 0 bridgehead atoms. The Morgan fingerprint density at radius 2 is 2.17 bits per heavy atom. The van der Waals surface area contributed by atoms with E-state index in [0.29, 0.717) is 12.6 Å². The van der Waals surface area contributed by atoms with Crippen LogP contribution in [0.1, 0.15) is 50.3 Å². The number of nitrogens with one attached hydrogen (secondary N) is 1. The van der Waals surface area contributed by atoms with Crippen LogP contribution >= 0.6 is 11.3 Å². The van der Waals surface area contributed by atoms with E-state index in [9.17, 15) is 4.79 Å². The van der Waals surface area contributed by atoms with E-state index in [1.54, 1.807) is 11.3 Å². The lowest BCUT2D eigenvalue weighted by Crippen LogP contribution is -2.44. The summed E-state index contributed by atoms with van der Waals surface area (Å²) in [6.45, 7) is 5.34. The number of hydrogen-bond acceptors (Lipinski definition) is 4. The molecule has 1 N–H and O–H groups in total. The Bertz CT molecular complexity index is 491. The van der Waals surface area contributed by atoms with Crippen LogP contribution < -0.4 is 5.32 Å². The van der Waals surface area contributed by atoms with Gasteiger partial charge in [0.1, 0.15) is 0 Å². The molecule has 134 valence electrons. The van der Waals surface area contributed by atoms with Gasteiger partial charge in [0.15, 0.2) is 0 Å². The van der Waals surface area contributed by atoms with Gasteiger partial charge in [-0.1, -0.05) is 13.0 Å². The monoisotopic (exact) mass is 350 g/mol. The van der Waals surface area contributed by atoms with Gasteiger partial charge in [0.05, 0.1) is 12.6 Å². The van der Waals surface area contributed by atoms with Crippen molar-refractivity contribution in [3.63, 3.8) is 0 Å². The Balaban J connectivity index is 1.50. The van der Waals surface area contributed by atoms with Crippen molar-refractivity contribution in [3.05, 3.63) is 22.4 Å². The van der Waals surface area contributed by atoms with E-state index in [4.69, 9.17) is 4.74 Å². The molecule has 2 heterocycles. The topological polar surface area (TPSA) is 41.6 Å². The van der Waals surface area contributed by atoms with Crippen LogP contribution in [0.3, 0.4) is 0 Å². The molecule has 0 spiro atoms. The molecule has 2 aliphatic rings. The second-order valence-electron chi connectivity index (χ2n) is 7.41. The highest BCUT2D eigenvalue weighted by atomic mass is 32.1. The molecular weight excluding hydrogens is 320 g/mol. The summed E-state index contributed by atoms with van der Waals surface area (Å²) in [5.74, 6) is 0.983. The summed E-state index contributed by atoms with van der Waals surface area (Å²) in [7, 11) is 0. The third kappa shape index (κ3) is 5.57. The molecule has 0 aromatic carbocycles. The summed E-state index contributed by atoms with van der Waals surface area (Å²) in [5.41, 5.74) is 0. The molecule has 24 heavy (non-hydrogen) atoms. The lowest BCUT2D eigenvalue weighted by Gasteiger charge is -2.29. The maximum absolute atomic E-state index is 12.5. The van der Waals surface area contributed by atoms with Crippen molar-refractivity contribution in [2.45, 2.75) is 64.1 Å². The van der Waals surface area contributed by atoms with Crippen LogP contribution in [0.2, 0.25) is 0 Å².